The Hall–Kier alpha value is -3.79. The van der Waals surface area contributed by atoms with Crippen molar-refractivity contribution < 1.29 is 22.0 Å². The van der Waals surface area contributed by atoms with Crippen molar-refractivity contribution in [3.05, 3.63) is 80.5 Å². The van der Waals surface area contributed by atoms with Gasteiger partial charge in [-0.1, -0.05) is 25.4 Å². The summed E-state index contributed by atoms with van der Waals surface area (Å²) >= 11 is 5.88. The topological polar surface area (TPSA) is 73.8 Å². The molecule has 36 heavy (non-hydrogen) atoms. The van der Waals surface area contributed by atoms with Crippen LogP contribution in [-0.2, 0) is 6.18 Å². The van der Waals surface area contributed by atoms with Crippen LogP contribution in [0.2, 0.25) is 5.02 Å². The maximum atomic E-state index is 14.8. The molecule has 0 N–H and O–H groups in total. The Morgan fingerprint density at radius 3 is 2.39 bits per heavy atom. The van der Waals surface area contributed by atoms with E-state index < -0.39 is 23.1 Å². The molecule has 0 unspecified atom stereocenters. The van der Waals surface area contributed by atoms with Gasteiger partial charge in [-0.15, -0.1) is 0 Å². The minimum Gasteiger partial charge on any atom is -0.434 e. The summed E-state index contributed by atoms with van der Waals surface area (Å²) in [7, 11) is 0. The van der Waals surface area contributed by atoms with Crippen molar-refractivity contribution in [1.29, 1.82) is 0 Å². The first-order chi connectivity index (χ1) is 17.0. The van der Waals surface area contributed by atoms with Gasteiger partial charge in [0, 0.05) is 11.1 Å². The van der Waals surface area contributed by atoms with Crippen LogP contribution in [0.15, 0.2) is 51.8 Å². The van der Waals surface area contributed by atoms with Crippen LogP contribution in [0.1, 0.15) is 30.7 Å². The Kier molecular flexibility index (Phi) is 6.57. The molecule has 0 aliphatic carbocycles. The SMILES string of the molecule is CC.Cc1cc2c(=O)c(-c3nc4cnc(C(F)(F)F)cc4o3)nn(-c3ccc(Cl)cc3F)c2cc1C. The Bertz CT molecular complexity index is 1680. The zero-order chi connectivity index (χ0) is 26.4. The van der Waals surface area contributed by atoms with Crippen LogP contribution in [-0.4, -0.2) is 19.7 Å². The second-order valence-corrected chi connectivity index (χ2v) is 8.13. The van der Waals surface area contributed by atoms with Gasteiger partial charge in [0.25, 0.3) is 5.89 Å². The Balaban J connectivity index is 0.00000148. The summed E-state index contributed by atoms with van der Waals surface area (Å²) in [6.45, 7) is 7.65. The van der Waals surface area contributed by atoms with E-state index in [9.17, 15) is 22.4 Å². The quantitative estimate of drug-likeness (QED) is 0.234. The number of fused-ring (bicyclic) bond motifs is 2. The van der Waals surface area contributed by atoms with Gasteiger partial charge >= 0.3 is 6.18 Å². The van der Waals surface area contributed by atoms with E-state index in [1.807, 2.05) is 27.7 Å². The number of aromatic nitrogens is 4. The third-order valence-electron chi connectivity index (χ3n) is 5.41. The average Bonchev–Trinajstić information content (AvgIpc) is 3.25. The van der Waals surface area contributed by atoms with Crippen molar-refractivity contribution in [3.63, 3.8) is 0 Å². The lowest BCUT2D eigenvalue weighted by Crippen LogP contribution is -2.17. The summed E-state index contributed by atoms with van der Waals surface area (Å²) in [5.41, 5.74) is -0.253. The fourth-order valence-electron chi connectivity index (χ4n) is 3.55. The largest absolute Gasteiger partial charge is 0.434 e. The third kappa shape index (κ3) is 4.44. The predicted molar refractivity (Wildman–Crippen MR) is 129 cm³/mol. The van der Waals surface area contributed by atoms with Crippen molar-refractivity contribution >= 4 is 33.6 Å². The van der Waals surface area contributed by atoms with Gasteiger partial charge in [0.15, 0.2) is 11.3 Å². The molecule has 0 atom stereocenters. The molecule has 0 bridgehead atoms. The van der Waals surface area contributed by atoms with Gasteiger partial charge in [-0.25, -0.2) is 19.0 Å². The number of halogens is 5. The number of nitrogens with zero attached hydrogens (tertiary/aromatic N) is 4. The summed E-state index contributed by atoms with van der Waals surface area (Å²) in [4.78, 5) is 20.8. The summed E-state index contributed by atoms with van der Waals surface area (Å²) in [6.07, 6.45) is -3.78. The van der Waals surface area contributed by atoms with Gasteiger partial charge in [-0.3, -0.25) is 4.79 Å². The highest BCUT2D eigenvalue weighted by Gasteiger charge is 2.33. The van der Waals surface area contributed by atoms with Crippen molar-refractivity contribution in [2.24, 2.45) is 0 Å². The lowest BCUT2D eigenvalue weighted by atomic mass is 10.1. The lowest BCUT2D eigenvalue weighted by Gasteiger charge is -2.14. The minimum absolute atomic E-state index is 0.00797. The molecule has 6 nitrogen and oxygen atoms in total. The summed E-state index contributed by atoms with van der Waals surface area (Å²) < 4.78 is 60.6. The van der Waals surface area contributed by atoms with Crippen LogP contribution >= 0.6 is 11.6 Å². The van der Waals surface area contributed by atoms with Gasteiger partial charge in [0.05, 0.1) is 17.1 Å². The molecule has 0 saturated heterocycles. The van der Waals surface area contributed by atoms with Gasteiger partial charge < -0.3 is 4.42 Å². The van der Waals surface area contributed by atoms with Crippen molar-refractivity contribution in [2.45, 2.75) is 33.9 Å². The smallest absolute Gasteiger partial charge is 0.433 e. The van der Waals surface area contributed by atoms with E-state index in [1.165, 1.54) is 16.8 Å². The van der Waals surface area contributed by atoms with E-state index >= 15 is 0 Å². The summed E-state index contributed by atoms with van der Waals surface area (Å²) in [5, 5.41) is 4.67. The van der Waals surface area contributed by atoms with E-state index in [2.05, 4.69) is 15.1 Å². The van der Waals surface area contributed by atoms with Crippen LogP contribution in [0.4, 0.5) is 17.6 Å². The first-order valence-electron chi connectivity index (χ1n) is 10.9. The molecule has 11 heteroatoms. The number of pyridine rings is 1. The number of hydrogen-bond donors (Lipinski definition) is 0. The molecular formula is C25H19ClF4N4O2. The zero-order valence-electron chi connectivity index (χ0n) is 19.5. The molecule has 0 fully saturated rings. The third-order valence-corrected chi connectivity index (χ3v) is 5.64. The highest BCUT2D eigenvalue weighted by molar-refractivity contribution is 6.30. The fourth-order valence-corrected chi connectivity index (χ4v) is 3.71. The molecule has 2 aromatic carbocycles. The zero-order valence-corrected chi connectivity index (χ0v) is 20.3. The first kappa shape index (κ1) is 25.3. The van der Waals surface area contributed by atoms with Gasteiger partial charge in [0.2, 0.25) is 5.43 Å². The fraction of sp³-hybridized carbons (Fsp3) is 0.200. The van der Waals surface area contributed by atoms with Crippen LogP contribution in [0, 0.1) is 19.7 Å². The average molecular weight is 519 g/mol. The molecule has 5 rings (SSSR count). The molecule has 5 aromatic rings. The highest BCUT2D eigenvalue weighted by atomic mass is 35.5. The molecular weight excluding hydrogens is 500 g/mol. The lowest BCUT2D eigenvalue weighted by molar-refractivity contribution is -0.141. The van der Waals surface area contributed by atoms with Gasteiger partial charge in [-0.05, 0) is 55.3 Å². The number of hydrogen-bond acceptors (Lipinski definition) is 5. The van der Waals surface area contributed by atoms with Gasteiger partial charge in [0.1, 0.15) is 22.7 Å². The van der Waals surface area contributed by atoms with E-state index in [4.69, 9.17) is 16.0 Å². The number of oxazole rings is 1. The van der Waals surface area contributed by atoms with Crippen molar-refractivity contribution in [3.8, 4) is 17.3 Å². The van der Waals surface area contributed by atoms with Crippen LogP contribution in [0.5, 0.6) is 0 Å². The summed E-state index contributed by atoms with van der Waals surface area (Å²) in [5.74, 6) is -1.00. The number of alkyl halides is 3. The van der Waals surface area contributed by atoms with E-state index in [1.54, 1.807) is 12.1 Å². The number of rotatable bonds is 2. The maximum Gasteiger partial charge on any atom is 0.433 e. The molecule has 186 valence electrons. The molecule has 0 aliphatic heterocycles. The van der Waals surface area contributed by atoms with Crippen LogP contribution in [0.25, 0.3) is 39.3 Å². The predicted octanol–water partition coefficient (Wildman–Crippen LogP) is 7.04. The van der Waals surface area contributed by atoms with E-state index in [0.717, 1.165) is 23.4 Å². The molecule has 3 aromatic heterocycles. The standard InChI is InChI=1S/C23H13ClF4N4O2.C2H6/c1-10-5-13-17(6-11(10)2)32(16-4-3-12(24)7-14(16)25)31-20(21(13)33)22-30-15-9-29-19(23(26,27)28)8-18(15)34-22;1-2/h3-9H,1-2H3;1-2H3. The Morgan fingerprint density at radius 2 is 1.72 bits per heavy atom. The number of aryl methyl sites for hydroxylation is 2. The second kappa shape index (κ2) is 9.34. The summed E-state index contributed by atoms with van der Waals surface area (Å²) in [6, 6.07) is 8.00. The number of benzene rings is 2. The molecule has 3 heterocycles. The molecule has 0 aliphatic rings. The molecule has 0 amide bonds. The normalized spacial score (nSPS) is 11.6. The monoisotopic (exact) mass is 518 g/mol. The van der Waals surface area contributed by atoms with Gasteiger partial charge in [-0.2, -0.15) is 18.3 Å². The van der Waals surface area contributed by atoms with Crippen LogP contribution in [0.3, 0.4) is 0 Å². The maximum absolute atomic E-state index is 14.8. The van der Waals surface area contributed by atoms with Crippen LogP contribution < -0.4 is 5.43 Å². The molecule has 0 spiro atoms. The van der Waals surface area contributed by atoms with Crippen molar-refractivity contribution in [1.82, 2.24) is 19.7 Å². The molecule has 0 saturated carbocycles. The van der Waals surface area contributed by atoms with E-state index in [-0.39, 0.29) is 38.8 Å². The van der Waals surface area contributed by atoms with Crippen molar-refractivity contribution in [2.75, 3.05) is 0 Å². The minimum atomic E-state index is -4.68. The highest BCUT2D eigenvalue weighted by Crippen LogP contribution is 2.31. The molecule has 0 radical (unpaired) electrons. The second-order valence-electron chi connectivity index (χ2n) is 7.69. The van der Waals surface area contributed by atoms with E-state index in [0.29, 0.717) is 11.6 Å². The Labute approximate surface area is 207 Å². The Morgan fingerprint density at radius 1 is 1.03 bits per heavy atom. The first-order valence-corrected chi connectivity index (χ1v) is 11.2.